The van der Waals surface area contributed by atoms with Gasteiger partial charge < -0.3 is 15.4 Å². The maximum atomic E-state index is 12.6. The number of rotatable bonds is 7. The van der Waals surface area contributed by atoms with Crippen LogP contribution in [0.25, 0.3) is 0 Å². The summed E-state index contributed by atoms with van der Waals surface area (Å²) >= 11 is 6.05. The number of hydrogen-bond acceptors (Lipinski definition) is 4. The summed E-state index contributed by atoms with van der Waals surface area (Å²) < 4.78 is 5.28. The number of methoxy groups -OCH3 is 1. The fraction of sp³-hybridized carbons (Fsp3) is 0.632. The van der Waals surface area contributed by atoms with Gasteiger partial charge in [-0.3, -0.25) is 4.79 Å². The summed E-state index contributed by atoms with van der Waals surface area (Å²) in [5.41, 5.74) is 6.74. The number of halogens is 2. The minimum atomic E-state index is 0. The van der Waals surface area contributed by atoms with Crippen molar-refractivity contribution in [1.29, 1.82) is 0 Å². The van der Waals surface area contributed by atoms with Crippen LogP contribution in [0.4, 0.5) is 5.69 Å². The van der Waals surface area contributed by atoms with Crippen molar-refractivity contribution in [3.05, 3.63) is 22.7 Å². The first kappa shape index (κ1) is 22.1. The Morgan fingerprint density at radius 1 is 1.36 bits per heavy atom. The summed E-state index contributed by atoms with van der Waals surface area (Å²) in [7, 11) is 1.55. The molecule has 6 heteroatoms. The molecule has 0 atom stereocenters. The number of ketones is 1. The molecule has 0 saturated carbocycles. The van der Waals surface area contributed by atoms with E-state index >= 15 is 0 Å². The molecule has 1 aromatic carbocycles. The van der Waals surface area contributed by atoms with Crippen molar-refractivity contribution in [3.8, 4) is 5.75 Å². The molecule has 2 rings (SSSR count). The number of carbonyl (C=O) groups excluding carboxylic acids is 1. The maximum absolute atomic E-state index is 12.6. The Morgan fingerprint density at radius 3 is 2.56 bits per heavy atom. The predicted molar refractivity (Wildman–Crippen MR) is 107 cm³/mol. The molecule has 0 bridgehead atoms. The lowest BCUT2D eigenvalue weighted by molar-refractivity contribution is 0.0957. The van der Waals surface area contributed by atoms with Crippen molar-refractivity contribution in [2.24, 2.45) is 11.8 Å². The molecule has 0 radical (unpaired) electrons. The zero-order valence-electron chi connectivity index (χ0n) is 15.4. The van der Waals surface area contributed by atoms with Crippen molar-refractivity contribution in [2.45, 2.75) is 39.5 Å². The van der Waals surface area contributed by atoms with Crippen LogP contribution in [0.1, 0.15) is 49.9 Å². The molecule has 0 spiro atoms. The Labute approximate surface area is 162 Å². The molecule has 2 N–H and O–H groups in total. The summed E-state index contributed by atoms with van der Waals surface area (Å²) in [5.74, 6) is 1.94. The highest BCUT2D eigenvalue weighted by molar-refractivity contribution is 6.33. The molecule has 1 fully saturated rings. The molecule has 25 heavy (non-hydrogen) atoms. The number of benzene rings is 1. The second-order valence-corrected chi connectivity index (χ2v) is 7.58. The lowest BCUT2D eigenvalue weighted by Crippen LogP contribution is -2.36. The third-order valence-electron chi connectivity index (χ3n) is 4.73. The molecule has 1 aliphatic rings. The predicted octanol–water partition coefficient (Wildman–Crippen LogP) is 4.68. The molecule has 1 saturated heterocycles. The normalized spacial score (nSPS) is 15.9. The van der Waals surface area contributed by atoms with E-state index in [-0.39, 0.29) is 18.2 Å². The van der Waals surface area contributed by atoms with E-state index in [0.29, 0.717) is 40.3 Å². The van der Waals surface area contributed by atoms with E-state index in [1.165, 1.54) is 19.4 Å². The molecular formula is C19H30Cl2N2O2. The van der Waals surface area contributed by atoms with Crippen LogP contribution >= 0.6 is 24.0 Å². The zero-order chi connectivity index (χ0) is 17.7. The van der Waals surface area contributed by atoms with Gasteiger partial charge in [-0.15, -0.1) is 12.4 Å². The summed E-state index contributed by atoms with van der Waals surface area (Å²) in [5, 5.41) is 0.404. The third kappa shape index (κ3) is 6.36. The van der Waals surface area contributed by atoms with Crippen molar-refractivity contribution in [2.75, 3.05) is 32.5 Å². The van der Waals surface area contributed by atoms with E-state index in [4.69, 9.17) is 22.1 Å². The Bertz CT molecular complexity index is 571. The SMILES string of the molecule is COc1cc(N)c(Cl)cc1C(=O)CCC1CCN(CC(C)C)CC1.Cl. The second kappa shape index (κ2) is 10.2. The second-order valence-electron chi connectivity index (χ2n) is 7.17. The van der Waals surface area contributed by atoms with Crippen LogP contribution in [0, 0.1) is 11.8 Å². The molecule has 142 valence electrons. The number of piperidine rings is 1. The van der Waals surface area contributed by atoms with Crippen LogP contribution in [0.5, 0.6) is 5.75 Å². The average molecular weight is 389 g/mol. The highest BCUT2D eigenvalue weighted by atomic mass is 35.5. The topological polar surface area (TPSA) is 55.6 Å². The van der Waals surface area contributed by atoms with Crippen LogP contribution in [-0.4, -0.2) is 37.4 Å². The summed E-state index contributed by atoms with van der Waals surface area (Å²) in [6.45, 7) is 7.99. The fourth-order valence-corrected chi connectivity index (χ4v) is 3.56. The number of ether oxygens (including phenoxy) is 1. The van der Waals surface area contributed by atoms with Crippen molar-refractivity contribution < 1.29 is 9.53 Å². The monoisotopic (exact) mass is 388 g/mol. The molecule has 0 unspecified atom stereocenters. The molecule has 0 aromatic heterocycles. The highest BCUT2D eigenvalue weighted by Gasteiger charge is 2.22. The average Bonchev–Trinajstić information content (AvgIpc) is 2.55. The van der Waals surface area contributed by atoms with Gasteiger partial charge in [0.25, 0.3) is 0 Å². The van der Waals surface area contributed by atoms with Crippen LogP contribution in [0.2, 0.25) is 5.02 Å². The Morgan fingerprint density at radius 2 is 2.00 bits per heavy atom. The van der Waals surface area contributed by atoms with Gasteiger partial charge in [-0.25, -0.2) is 0 Å². The van der Waals surface area contributed by atoms with E-state index in [1.807, 2.05) is 0 Å². The molecule has 0 aliphatic carbocycles. The fourth-order valence-electron chi connectivity index (χ4n) is 3.40. The van der Waals surface area contributed by atoms with Gasteiger partial charge in [0.2, 0.25) is 0 Å². The van der Waals surface area contributed by atoms with Gasteiger partial charge in [-0.1, -0.05) is 25.4 Å². The van der Waals surface area contributed by atoms with E-state index in [9.17, 15) is 4.79 Å². The van der Waals surface area contributed by atoms with Crippen LogP contribution < -0.4 is 10.5 Å². The lowest BCUT2D eigenvalue weighted by Gasteiger charge is -2.32. The van der Waals surface area contributed by atoms with E-state index in [0.717, 1.165) is 19.5 Å². The van der Waals surface area contributed by atoms with E-state index in [2.05, 4.69) is 18.7 Å². The molecular weight excluding hydrogens is 359 g/mol. The molecule has 1 aliphatic heterocycles. The smallest absolute Gasteiger partial charge is 0.166 e. The molecule has 0 amide bonds. The lowest BCUT2D eigenvalue weighted by atomic mass is 9.90. The van der Waals surface area contributed by atoms with Gasteiger partial charge in [-0.2, -0.15) is 0 Å². The van der Waals surface area contributed by atoms with Crippen molar-refractivity contribution in [1.82, 2.24) is 4.90 Å². The van der Waals surface area contributed by atoms with Crippen LogP contribution in [0.15, 0.2) is 12.1 Å². The van der Waals surface area contributed by atoms with Gasteiger partial charge in [0.05, 0.1) is 23.4 Å². The largest absolute Gasteiger partial charge is 0.496 e. The number of nitrogens with zero attached hydrogens (tertiary/aromatic N) is 1. The first-order chi connectivity index (χ1) is 11.4. The Kier molecular flexibility index (Phi) is 9.04. The molecule has 4 nitrogen and oxygen atoms in total. The number of likely N-dealkylation sites (tertiary alicyclic amines) is 1. The Hall–Kier alpha value is -0.970. The number of nitrogen functional groups attached to an aromatic ring is 1. The number of hydrogen-bond donors (Lipinski definition) is 1. The maximum Gasteiger partial charge on any atom is 0.166 e. The zero-order valence-corrected chi connectivity index (χ0v) is 17.0. The number of nitrogens with two attached hydrogens (primary N) is 1. The molecule has 1 aromatic rings. The minimum Gasteiger partial charge on any atom is -0.496 e. The van der Waals surface area contributed by atoms with E-state index in [1.54, 1.807) is 19.2 Å². The van der Waals surface area contributed by atoms with Gasteiger partial charge >= 0.3 is 0 Å². The van der Waals surface area contributed by atoms with Crippen LogP contribution in [-0.2, 0) is 0 Å². The quantitative estimate of drug-likeness (QED) is 0.543. The highest BCUT2D eigenvalue weighted by Crippen LogP contribution is 2.31. The number of Topliss-reactive ketones (excluding diaryl/α,β-unsaturated/α-hetero) is 1. The third-order valence-corrected chi connectivity index (χ3v) is 5.06. The minimum absolute atomic E-state index is 0. The molecule has 1 heterocycles. The first-order valence-electron chi connectivity index (χ1n) is 8.79. The summed E-state index contributed by atoms with van der Waals surface area (Å²) in [6.07, 6.45) is 3.82. The standard InChI is InChI=1S/C19H29ClN2O2.ClH/c1-13(2)12-22-8-6-14(7-9-22)4-5-18(23)15-10-16(20)17(21)11-19(15)24-3;/h10-11,13-14H,4-9,12,21H2,1-3H3;1H. The van der Waals surface area contributed by atoms with Crippen LogP contribution in [0.3, 0.4) is 0 Å². The summed E-state index contributed by atoms with van der Waals surface area (Å²) in [4.78, 5) is 15.1. The van der Waals surface area contributed by atoms with Crippen molar-refractivity contribution in [3.63, 3.8) is 0 Å². The van der Waals surface area contributed by atoms with E-state index < -0.39 is 0 Å². The number of carbonyl (C=O) groups is 1. The van der Waals surface area contributed by atoms with Gasteiger partial charge in [0, 0.05) is 19.0 Å². The first-order valence-corrected chi connectivity index (χ1v) is 9.17. The number of anilines is 1. The van der Waals surface area contributed by atoms with Gasteiger partial charge in [0.1, 0.15) is 5.75 Å². The van der Waals surface area contributed by atoms with Crippen molar-refractivity contribution >= 4 is 35.5 Å². The van der Waals surface area contributed by atoms with Gasteiger partial charge in [0.15, 0.2) is 5.78 Å². The van der Waals surface area contributed by atoms with Gasteiger partial charge in [-0.05, 0) is 50.3 Å². The summed E-state index contributed by atoms with van der Waals surface area (Å²) in [6, 6.07) is 3.25. The Balaban J connectivity index is 0.00000312.